The molecule has 1 aliphatic heterocycles. The van der Waals surface area contributed by atoms with Gasteiger partial charge in [-0.1, -0.05) is 13.8 Å². The van der Waals surface area contributed by atoms with Crippen LogP contribution in [0.4, 0.5) is 0 Å². The summed E-state index contributed by atoms with van der Waals surface area (Å²) in [6, 6.07) is 0. The fraction of sp³-hybridized carbons (Fsp3) is 1.00. The molecule has 1 heterocycles. The van der Waals surface area contributed by atoms with E-state index in [0.29, 0.717) is 0 Å². The quantitative estimate of drug-likeness (QED) is 0.587. The Bertz CT molecular complexity index is 155. The van der Waals surface area contributed by atoms with Crippen LogP contribution in [0.2, 0.25) is 0 Å². The zero-order valence-corrected chi connectivity index (χ0v) is 7.77. The van der Waals surface area contributed by atoms with Gasteiger partial charge in [0.1, 0.15) is 0 Å². The van der Waals surface area contributed by atoms with E-state index in [4.69, 9.17) is 0 Å². The molecule has 1 heteroatoms. The summed E-state index contributed by atoms with van der Waals surface area (Å²) in [6.07, 6.45) is 4.31. The summed E-state index contributed by atoms with van der Waals surface area (Å²) in [4.78, 5) is 2.64. The number of likely N-dealkylation sites (tertiary alicyclic amines) is 1. The molecule has 1 unspecified atom stereocenters. The second-order valence-corrected chi connectivity index (χ2v) is 4.49. The Hall–Kier alpha value is -0.0400. The molecule has 64 valence electrons. The van der Waals surface area contributed by atoms with Crippen molar-refractivity contribution in [2.45, 2.75) is 33.1 Å². The normalized spacial score (nSPS) is 43.6. The molecule has 0 radical (unpaired) electrons. The lowest BCUT2D eigenvalue weighted by Gasteiger charge is -2.13. The van der Waals surface area contributed by atoms with E-state index in [1.165, 1.54) is 38.9 Å². The molecule has 0 aromatic carbocycles. The maximum Gasteiger partial charge on any atom is 0.00411 e. The van der Waals surface area contributed by atoms with Crippen molar-refractivity contribution in [2.75, 3.05) is 19.6 Å². The molecule has 1 saturated carbocycles. The van der Waals surface area contributed by atoms with Crippen molar-refractivity contribution in [1.82, 2.24) is 4.90 Å². The van der Waals surface area contributed by atoms with E-state index < -0.39 is 0 Å². The van der Waals surface area contributed by atoms with Gasteiger partial charge in [-0.25, -0.2) is 0 Å². The number of hydrogen-bond acceptors (Lipinski definition) is 1. The van der Waals surface area contributed by atoms with Gasteiger partial charge in [-0.2, -0.15) is 0 Å². The van der Waals surface area contributed by atoms with Crippen molar-refractivity contribution in [2.24, 2.45) is 11.3 Å². The summed E-state index contributed by atoms with van der Waals surface area (Å²) in [5.74, 6) is 1.03. The van der Waals surface area contributed by atoms with Crippen LogP contribution >= 0.6 is 0 Å². The minimum absolute atomic E-state index is 0.801. The lowest BCUT2D eigenvalue weighted by atomic mass is 10.0. The fourth-order valence-corrected chi connectivity index (χ4v) is 2.61. The monoisotopic (exact) mass is 153 g/mol. The summed E-state index contributed by atoms with van der Waals surface area (Å²) in [5, 5.41) is 0. The predicted octanol–water partition coefficient (Wildman–Crippen LogP) is 2.13. The SMILES string of the molecule is CCCN1CCC2(C[C@H]2C)C1. The van der Waals surface area contributed by atoms with Gasteiger partial charge in [0.15, 0.2) is 0 Å². The van der Waals surface area contributed by atoms with Crippen LogP contribution in [0.25, 0.3) is 0 Å². The number of rotatable bonds is 2. The molecule has 1 nitrogen and oxygen atoms in total. The van der Waals surface area contributed by atoms with E-state index >= 15 is 0 Å². The molecule has 1 aliphatic carbocycles. The van der Waals surface area contributed by atoms with Gasteiger partial charge in [0.2, 0.25) is 0 Å². The molecule has 1 spiro atoms. The lowest BCUT2D eigenvalue weighted by molar-refractivity contribution is 0.315. The van der Waals surface area contributed by atoms with Crippen LogP contribution in [-0.4, -0.2) is 24.5 Å². The second kappa shape index (κ2) is 2.48. The highest BCUT2D eigenvalue weighted by Crippen LogP contribution is 2.57. The molecule has 11 heavy (non-hydrogen) atoms. The summed E-state index contributed by atoms with van der Waals surface area (Å²) >= 11 is 0. The van der Waals surface area contributed by atoms with Gasteiger partial charge in [0.25, 0.3) is 0 Å². The molecule has 0 amide bonds. The minimum Gasteiger partial charge on any atom is -0.303 e. The molecular weight excluding hydrogens is 134 g/mol. The first-order valence-electron chi connectivity index (χ1n) is 4.99. The van der Waals surface area contributed by atoms with Crippen molar-refractivity contribution < 1.29 is 0 Å². The minimum atomic E-state index is 0.801. The average molecular weight is 153 g/mol. The third kappa shape index (κ3) is 1.20. The van der Waals surface area contributed by atoms with Gasteiger partial charge in [-0.3, -0.25) is 0 Å². The zero-order valence-electron chi connectivity index (χ0n) is 7.77. The summed E-state index contributed by atoms with van der Waals surface area (Å²) in [7, 11) is 0. The Morgan fingerprint density at radius 3 is 2.73 bits per heavy atom. The highest BCUT2D eigenvalue weighted by atomic mass is 15.2. The van der Waals surface area contributed by atoms with Crippen LogP contribution in [0.1, 0.15) is 33.1 Å². The van der Waals surface area contributed by atoms with E-state index in [1.807, 2.05) is 0 Å². The third-order valence-electron chi connectivity index (χ3n) is 3.60. The molecule has 0 aromatic rings. The Labute approximate surface area is 69.8 Å². The first-order valence-corrected chi connectivity index (χ1v) is 4.99. The van der Waals surface area contributed by atoms with Crippen LogP contribution < -0.4 is 0 Å². The van der Waals surface area contributed by atoms with E-state index in [1.54, 1.807) is 0 Å². The molecule has 0 aromatic heterocycles. The van der Waals surface area contributed by atoms with E-state index in [9.17, 15) is 0 Å². The molecule has 0 bridgehead atoms. The smallest absolute Gasteiger partial charge is 0.00411 e. The van der Waals surface area contributed by atoms with Crippen LogP contribution in [0.5, 0.6) is 0 Å². The number of hydrogen-bond donors (Lipinski definition) is 0. The second-order valence-electron chi connectivity index (χ2n) is 4.49. The van der Waals surface area contributed by atoms with E-state index in [2.05, 4.69) is 18.7 Å². The molecule has 2 aliphatic rings. The first-order chi connectivity index (χ1) is 5.27. The Morgan fingerprint density at radius 1 is 1.55 bits per heavy atom. The van der Waals surface area contributed by atoms with E-state index in [0.717, 1.165) is 11.3 Å². The first kappa shape index (κ1) is 7.60. The van der Waals surface area contributed by atoms with Crippen LogP contribution in [-0.2, 0) is 0 Å². The standard InChI is InChI=1S/C10H19N/c1-3-5-11-6-4-10(8-11)7-9(10)2/h9H,3-8H2,1-2H3/t9-,10?/m1/s1. The summed E-state index contributed by atoms with van der Waals surface area (Å²) in [6.45, 7) is 8.80. The van der Waals surface area contributed by atoms with E-state index in [-0.39, 0.29) is 0 Å². The van der Waals surface area contributed by atoms with Crippen molar-refractivity contribution >= 4 is 0 Å². The maximum absolute atomic E-state index is 2.64. The summed E-state index contributed by atoms with van der Waals surface area (Å²) < 4.78 is 0. The van der Waals surface area contributed by atoms with Crippen LogP contribution in [0.15, 0.2) is 0 Å². The highest BCUT2D eigenvalue weighted by Gasteiger charge is 2.54. The Kier molecular flexibility index (Phi) is 1.71. The van der Waals surface area contributed by atoms with Crippen LogP contribution in [0.3, 0.4) is 0 Å². The van der Waals surface area contributed by atoms with Crippen LogP contribution in [0, 0.1) is 11.3 Å². The van der Waals surface area contributed by atoms with Gasteiger partial charge in [0.05, 0.1) is 0 Å². The predicted molar refractivity (Wildman–Crippen MR) is 47.6 cm³/mol. The van der Waals surface area contributed by atoms with Gasteiger partial charge >= 0.3 is 0 Å². The molecule has 2 fully saturated rings. The summed E-state index contributed by atoms with van der Waals surface area (Å²) in [5.41, 5.74) is 0.801. The molecule has 1 saturated heterocycles. The van der Waals surface area contributed by atoms with Gasteiger partial charge in [0, 0.05) is 6.54 Å². The molecular formula is C10H19N. The lowest BCUT2D eigenvalue weighted by Crippen LogP contribution is -2.21. The Balaban J connectivity index is 1.85. The Morgan fingerprint density at radius 2 is 2.27 bits per heavy atom. The van der Waals surface area contributed by atoms with Crippen molar-refractivity contribution in [1.29, 1.82) is 0 Å². The van der Waals surface area contributed by atoms with Crippen molar-refractivity contribution in [3.05, 3.63) is 0 Å². The molecule has 2 rings (SSSR count). The van der Waals surface area contributed by atoms with Gasteiger partial charge in [-0.15, -0.1) is 0 Å². The maximum atomic E-state index is 2.64. The zero-order chi connectivity index (χ0) is 7.90. The van der Waals surface area contributed by atoms with Crippen molar-refractivity contribution in [3.8, 4) is 0 Å². The average Bonchev–Trinajstić information content (AvgIpc) is 2.44. The molecule has 2 atom stereocenters. The fourth-order valence-electron chi connectivity index (χ4n) is 2.61. The molecule has 0 N–H and O–H groups in total. The highest BCUT2D eigenvalue weighted by molar-refractivity contribution is 5.05. The third-order valence-corrected chi connectivity index (χ3v) is 3.60. The van der Waals surface area contributed by atoms with Crippen molar-refractivity contribution in [3.63, 3.8) is 0 Å². The number of nitrogens with zero attached hydrogens (tertiary/aromatic N) is 1. The topological polar surface area (TPSA) is 3.24 Å². The largest absolute Gasteiger partial charge is 0.303 e. The van der Waals surface area contributed by atoms with Gasteiger partial charge < -0.3 is 4.90 Å². The van der Waals surface area contributed by atoms with Gasteiger partial charge in [-0.05, 0) is 43.7 Å².